The van der Waals surface area contributed by atoms with E-state index in [9.17, 15) is 9.90 Å². The van der Waals surface area contributed by atoms with Gasteiger partial charge in [-0.2, -0.15) is 10.1 Å². The highest BCUT2D eigenvalue weighted by Gasteiger charge is 2.52. The largest absolute Gasteiger partial charge is 0.454 e. The van der Waals surface area contributed by atoms with E-state index in [0.29, 0.717) is 0 Å². The number of hydrogen-bond acceptors (Lipinski definition) is 7. The van der Waals surface area contributed by atoms with Crippen molar-refractivity contribution >= 4 is 0 Å². The number of rotatable bonds is 2. The highest BCUT2D eigenvalue weighted by atomic mass is 16.6. The lowest BCUT2D eigenvalue weighted by Gasteiger charge is -2.19. The molecule has 0 aliphatic carbocycles. The Morgan fingerprint density at radius 1 is 1.45 bits per heavy atom. The van der Waals surface area contributed by atoms with Crippen molar-refractivity contribution in [3.8, 4) is 6.01 Å². The van der Waals surface area contributed by atoms with E-state index in [1.807, 2.05) is 0 Å². The van der Waals surface area contributed by atoms with Gasteiger partial charge < -0.3 is 14.6 Å². The Kier molecular flexibility index (Phi) is 2.38. The van der Waals surface area contributed by atoms with Crippen molar-refractivity contribution in [1.82, 2.24) is 24.3 Å². The lowest BCUT2D eigenvalue weighted by molar-refractivity contribution is -0.0305. The third-order valence-corrected chi connectivity index (χ3v) is 3.55. The average molecular weight is 277 g/mol. The van der Waals surface area contributed by atoms with Crippen LogP contribution in [0.4, 0.5) is 0 Å². The molecule has 0 radical (unpaired) electrons. The second-order valence-electron chi connectivity index (χ2n) is 4.65. The predicted molar refractivity (Wildman–Crippen MR) is 63.0 cm³/mol. The Labute approximate surface area is 112 Å². The summed E-state index contributed by atoms with van der Waals surface area (Å²) in [5.41, 5.74) is -0.368. The maximum atomic E-state index is 11.3. The Bertz CT molecular complexity index is 684. The summed E-state index contributed by atoms with van der Waals surface area (Å²) in [6.45, 7) is -0.163. The summed E-state index contributed by atoms with van der Waals surface area (Å²) >= 11 is 0. The SMILES string of the molecule is O=c1ccn2c(n1)O[C@H]1[C@H](n3cncn3)[C@@H](CO)O[C@H]12. The van der Waals surface area contributed by atoms with Crippen LogP contribution in [-0.2, 0) is 4.74 Å². The van der Waals surface area contributed by atoms with E-state index in [-0.39, 0.29) is 24.2 Å². The van der Waals surface area contributed by atoms with Crippen LogP contribution in [-0.4, -0.2) is 48.2 Å². The van der Waals surface area contributed by atoms with Crippen LogP contribution in [0.15, 0.2) is 29.7 Å². The number of aliphatic hydroxyl groups is 1. The first-order chi connectivity index (χ1) is 9.78. The van der Waals surface area contributed by atoms with Crippen LogP contribution in [0.1, 0.15) is 12.3 Å². The van der Waals surface area contributed by atoms with Gasteiger partial charge in [0.2, 0.25) is 0 Å². The van der Waals surface area contributed by atoms with Gasteiger partial charge in [0, 0.05) is 12.3 Å². The lowest BCUT2D eigenvalue weighted by Crippen LogP contribution is -2.33. The molecule has 2 aromatic heterocycles. The average Bonchev–Trinajstić information content (AvgIpc) is 3.11. The maximum absolute atomic E-state index is 11.3. The summed E-state index contributed by atoms with van der Waals surface area (Å²) in [7, 11) is 0. The van der Waals surface area contributed by atoms with Crippen LogP contribution in [0.5, 0.6) is 6.01 Å². The molecule has 0 spiro atoms. The molecular formula is C11H11N5O4. The monoisotopic (exact) mass is 277 g/mol. The van der Waals surface area contributed by atoms with E-state index in [1.165, 1.54) is 12.4 Å². The predicted octanol–water partition coefficient (Wildman–Crippen LogP) is -1.27. The Hall–Kier alpha value is -2.26. The maximum Gasteiger partial charge on any atom is 0.302 e. The van der Waals surface area contributed by atoms with Gasteiger partial charge in [-0.15, -0.1) is 0 Å². The molecule has 0 unspecified atom stereocenters. The van der Waals surface area contributed by atoms with Crippen molar-refractivity contribution in [3.63, 3.8) is 0 Å². The molecule has 20 heavy (non-hydrogen) atoms. The smallest absolute Gasteiger partial charge is 0.302 e. The first-order valence-electron chi connectivity index (χ1n) is 6.14. The summed E-state index contributed by atoms with van der Waals surface area (Å²) in [5, 5.41) is 13.5. The number of nitrogens with zero attached hydrogens (tertiary/aromatic N) is 5. The molecule has 1 N–H and O–H groups in total. The molecule has 9 heteroatoms. The van der Waals surface area contributed by atoms with E-state index < -0.39 is 18.4 Å². The number of fused-ring (bicyclic) bond motifs is 3. The van der Waals surface area contributed by atoms with Gasteiger partial charge in [0.1, 0.15) is 24.8 Å². The topological polar surface area (TPSA) is 104 Å². The molecule has 0 saturated carbocycles. The van der Waals surface area contributed by atoms with Crippen molar-refractivity contribution in [2.45, 2.75) is 24.5 Å². The van der Waals surface area contributed by atoms with E-state index in [4.69, 9.17) is 9.47 Å². The normalized spacial score (nSPS) is 30.9. The highest BCUT2D eigenvalue weighted by Crippen LogP contribution is 2.43. The molecule has 2 aliphatic rings. The van der Waals surface area contributed by atoms with Crippen molar-refractivity contribution < 1.29 is 14.6 Å². The van der Waals surface area contributed by atoms with E-state index in [1.54, 1.807) is 21.8 Å². The quantitative estimate of drug-likeness (QED) is 0.729. The van der Waals surface area contributed by atoms with Crippen LogP contribution in [0.3, 0.4) is 0 Å². The van der Waals surface area contributed by atoms with Crippen molar-refractivity contribution in [1.29, 1.82) is 0 Å². The molecule has 1 saturated heterocycles. The summed E-state index contributed by atoms with van der Waals surface area (Å²) in [4.78, 5) is 19.0. The van der Waals surface area contributed by atoms with Gasteiger partial charge in [-0.3, -0.25) is 9.36 Å². The molecule has 4 heterocycles. The lowest BCUT2D eigenvalue weighted by atomic mass is 10.1. The zero-order chi connectivity index (χ0) is 13.7. The van der Waals surface area contributed by atoms with Crippen LogP contribution >= 0.6 is 0 Å². The zero-order valence-corrected chi connectivity index (χ0v) is 10.2. The molecule has 2 aliphatic heterocycles. The van der Waals surface area contributed by atoms with Gasteiger partial charge in [-0.1, -0.05) is 0 Å². The molecule has 9 nitrogen and oxygen atoms in total. The molecule has 1 fully saturated rings. The minimum atomic E-state index is -0.459. The van der Waals surface area contributed by atoms with E-state index >= 15 is 0 Å². The fraction of sp³-hybridized carbons (Fsp3) is 0.455. The summed E-state index contributed by atoms with van der Waals surface area (Å²) in [6, 6.07) is 1.23. The zero-order valence-electron chi connectivity index (χ0n) is 10.2. The molecule has 104 valence electrons. The molecule has 0 aromatic carbocycles. The number of aliphatic hydroxyl groups excluding tert-OH is 1. The second-order valence-corrected chi connectivity index (χ2v) is 4.65. The fourth-order valence-corrected chi connectivity index (χ4v) is 2.71. The first-order valence-corrected chi connectivity index (χ1v) is 6.14. The van der Waals surface area contributed by atoms with Crippen LogP contribution < -0.4 is 10.3 Å². The van der Waals surface area contributed by atoms with E-state index in [0.717, 1.165) is 0 Å². The molecule has 0 amide bonds. The van der Waals surface area contributed by atoms with Crippen molar-refractivity contribution in [2.75, 3.05) is 6.61 Å². The summed E-state index contributed by atoms with van der Waals surface area (Å²) in [5.74, 6) is 0. The number of hydrogen-bond donors (Lipinski definition) is 1. The van der Waals surface area contributed by atoms with Gasteiger partial charge in [-0.25, -0.2) is 9.67 Å². The number of ether oxygens (including phenoxy) is 2. The standard InChI is InChI=1S/C11H11N5O4/c17-3-6-8(16-5-12-4-13-16)9-10(19-6)15-2-1-7(18)14-11(15)20-9/h1-2,4-6,8-10,17H,3H2/t6-,8-,9+,10-/m1/s1. The van der Waals surface area contributed by atoms with Gasteiger partial charge in [-0.05, 0) is 0 Å². The molecule has 4 atom stereocenters. The van der Waals surface area contributed by atoms with Crippen LogP contribution in [0.25, 0.3) is 0 Å². The molecular weight excluding hydrogens is 266 g/mol. The Balaban J connectivity index is 1.76. The third kappa shape index (κ3) is 1.50. The van der Waals surface area contributed by atoms with Gasteiger partial charge >= 0.3 is 6.01 Å². The highest BCUT2D eigenvalue weighted by molar-refractivity contribution is 5.11. The minimum absolute atomic E-state index is 0.163. The minimum Gasteiger partial charge on any atom is -0.454 e. The molecule has 2 aromatic rings. The molecule has 0 bridgehead atoms. The van der Waals surface area contributed by atoms with E-state index in [2.05, 4.69) is 15.1 Å². The van der Waals surface area contributed by atoms with Crippen LogP contribution in [0, 0.1) is 0 Å². The Morgan fingerprint density at radius 3 is 3.10 bits per heavy atom. The summed E-state index contributed by atoms with van der Waals surface area (Å²) in [6.07, 6.45) is 3.22. The van der Waals surface area contributed by atoms with Crippen molar-refractivity contribution in [2.24, 2.45) is 0 Å². The third-order valence-electron chi connectivity index (χ3n) is 3.55. The Morgan fingerprint density at radius 2 is 2.35 bits per heavy atom. The summed E-state index contributed by atoms with van der Waals surface area (Å²) < 4.78 is 14.7. The van der Waals surface area contributed by atoms with Gasteiger partial charge in [0.25, 0.3) is 5.56 Å². The van der Waals surface area contributed by atoms with Gasteiger partial charge in [0.15, 0.2) is 12.3 Å². The fourth-order valence-electron chi connectivity index (χ4n) is 2.71. The molecule has 4 rings (SSSR count). The number of aromatic nitrogens is 5. The van der Waals surface area contributed by atoms with Gasteiger partial charge in [0.05, 0.1) is 6.61 Å². The second kappa shape index (κ2) is 4.12. The first kappa shape index (κ1) is 11.6. The van der Waals surface area contributed by atoms with Crippen molar-refractivity contribution in [3.05, 3.63) is 35.3 Å². The van der Waals surface area contributed by atoms with Crippen LogP contribution in [0.2, 0.25) is 0 Å².